The molecule has 1 fully saturated rings. The number of nitrogens with one attached hydrogen (secondary N) is 2. The summed E-state index contributed by atoms with van der Waals surface area (Å²) in [5.74, 6) is 0.738. The van der Waals surface area contributed by atoms with Crippen molar-refractivity contribution in [3.63, 3.8) is 0 Å². The van der Waals surface area contributed by atoms with E-state index in [2.05, 4.69) is 15.6 Å². The minimum absolute atomic E-state index is 0.0609. The van der Waals surface area contributed by atoms with Crippen LogP contribution in [0.25, 0.3) is 0 Å². The molecule has 0 spiro atoms. The predicted octanol–water partition coefficient (Wildman–Crippen LogP) is 2.76. The van der Waals surface area contributed by atoms with Gasteiger partial charge in [-0.15, -0.1) is 0 Å². The summed E-state index contributed by atoms with van der Waals surface area (Å²) in [5, 5.41) is 6.68. The molecule has 1 aliphatic heterocycles. The van der Waals surface area contributed by atoms with Gasteiger partial charge in [-0.05, 0) is 57.3 Å². The molecule has 0 unspecified atom stereocenters. The van der Waals surface area contributed by atoms with Gasteiger partial charge in [0.05, 0.1) is 11.4 Å². The Kier molecular flexibility index (Phi) is 5.16. The standard InChI is InChI=1S/C14H20ClN3O/c1-10-12(3-4-13(15)17-10)18-14(19)5-2-11-6-8-16-9-7-11/h3-4,11,16H,2,5-9H2,1H3,(H,18,19). The zero-order chi connectivity index (χ0) is 13.7. The lowest BCUT2D eigenvalue weighted by atomic mass is 9.93. The van der Waals surface area contributed by atoms with Gasteiger partial charge in [-0.1, -0.05) is 11.6 Å². The van der Waals surface area contributed by atoms with Crippen LogP contribution in [-0.2, 0) is 4.79 Å². The number of amides is 1. The third kappa shape index (κ3) is 4.48. The normalized spacial score (nSPS) is 16.3. The van der Waals surface area contributed by atoms with Crippen molar-refractivity contribution < 1.29 is 4.79 Å². The van der Waals surface area contributed by atoms with Gasteiger partial charge in [-0.3, -0.25) is 4.79 Å². The Hall–Kier alpha value is -1.13. The number of aromatic nitrogens is 1. The van der Waals surface area contributed by atoms with Crippen LogP contribution in [0.1, 0.15) is 31.4 Å². The molecule has 1 saturated heterocycles. The molecule has 2 N–H and O–H groups in total. The highest BCUT2D eigenvalue weighted by molar-refractivity contribution is 6.29. The number of carbonyl (C=O) groups excluding carboxylic acids is 1. The van der Waals surface area contributed by atoms with Crippen molar-refractivity contribution in [2.75, 3.05) is 18.4 Å². The van der Waals surface area contributed by atoms with Crippen LogP contribution in [0.5, 0.6) is 0 Å². The molecule has 2 rings (SSSR count). The van der Waals surface area contributed by atoms with Gasteiger partial charge in [-0.25, -0.2) is 4.98 Å². The molecule has 5 heteroatoms. The fraction of sp³-hybridized carbons (Fsp3) is 0.571. The summed E-state index contributed by atoms with van der Waals surface area (Å²) in [4.78, 5) is 16.0. The maximum absolute atomic E-state index is 11.9. The summed E-state index contributed by atoms with van der Waals surface area (Å²) in [5.41, 5.74) is 1.50. The summed E-state index contributed by atoms with van der Waals surface area (Å²) in [6, 6.07) is 3.49. The topological polar surface area (TPSA) is 54.0 Å². The Morgan fingerprint density at radius 2 is 2.21 bits per heavy atom. The van der Waals surface area contributed by atoms with Crippen LogP contribution >= 0.6 is 11.6 Å². The average Bonchev–Trinajstić information content (AvgIpc) is 2.41. The minimum atomic E-state index is 0.0609. The van der Waals surface area contributed by atoms with Crippen LogP contribution in [0.3, 0.4) is 0 Å². The van der Waals surface area contributed by atoms with E-state index in [1.807, 2.05) is 6.92 Å². The molecule has 104 valence electrons. The third-order valence-corrected chi connectivity index (χ3v) is 3.77. The lowest BCUT2D eigenvalue weighted by Gasteiger charge is -2.22. The van der Waals surface area contributed by atoms with E-state index < -0.39 is 0 Å². The van der Waals surface area contributed by atoms with Crippen molar-refractivity contribution in [2.45, 2.75) is 32.6 Å². The van der Waals surface area contributed by atoms with Gasteiger partial charge in [0.25, 0.3) is 0 Å². The highest BCUT2D eigenvalue weighted by Gasteiger charge is 2.14. The van der Waals surface area contributed by atoms with E-state index in [1.54, 1.807) is 12.1 Å². The van der Waals surface area contributed by atoms with E-state index in [4.69, 9.17) is 11.6 Å². The van der Waals surface area contributed by atoms with Crippen LogP contribution in [-0.4, -0.2) is 24.0 Å². The summed E-state index contributed by atoms with van der Waals surface area (Å²) >= 11 is 5.79. The van der Waals surface area contributed by atoms with Crippen LogP contribution in [0.15, 0.2) is 12.1 Å². The number of hydrogen-bond acceptors (Lipinski definition) is 3. The van der Waals surface area contributed by atoms with E-state index in [0.717, 1.165) is 30.9 Å². The summed E-state index contributed by atoms with van der Waals surface area (Å²) in [7, 11) is 0. The summed E-state index contributed by atoms with van der Waals surface area (Å²) in [6.07, 6.45) is 3.89. The first-order chi connectivity index (χ1) is 9.15. The smallest absolute Gasteiger partial charge is 0.224 e. The second-order valence-corrected chi connectivity index (χ2v) is 5.43. The molecular formula is C14H20ClN3O. The number of nitrogens with zero attached hydrogens (tertiary/aromatic N) is 1. The van der Waals surface area contributed by atoms with Crippen LogP contribution in [0.2, 0.25) is 5.15 Å². The highest BCUT2D eigenvalue weighted by Crippen LogP contribution is 2.19. The van der Waals surface area contributed by atoms with Crippen molar-refractivity contribution in [3.05, 3.63) is 23.0 Å². The van der Waals surface area contributed by atoms with Crippen molar-refractivity contribution in [1.29, 1.82) is 0 Å². The number of anilines is 1. The van der Waals surface area contributed by atoms with E-state index in [0.29, 0.717) is 17.5 Å². The first-order valence-electron chi connectivity index (χ1n) is 6.79. The van der Waals surface area contributed by atoms with Gasteiger partial charge in [0, 0.05) is 6.42 Å². The highest BCUT2D eigenvalue weighted by atomic mass is 35.5. The van der Waals surface area contributed by atoms with E-state index >= 15 is 0 Å². The first-order valence-corrected chi connectivity index (χ1v) is 7.16. The van der Waals surface area contributed by atoms with Gasteiger partial charge in [0.2, 0.25) is 5.91 Å². The second kappa shape index (κ2) is 6.87. The number of halogens is 1. The largest absolute Gasteiger partial charge is 0.325 e. The van der Waals surface area contributed by atoms with Gasteiger partial charge >= 0.3 is 0 Å². The zero-order valence-electron chi connectivity index (χ0n) is 11.2. The lowest BCUT2D eigenvalue weighted by Crippen LogP contribution is -2.28. The lowest BCUT2D eigenvalue weighted by molar-refractivity contribution is -0.116. The fourth-order valence-electron chi connectivity index (χ4n) is 2.38. The number of rotatable bonds is 4. The monoisotopic (exact) mass is 281 g/mol. The summed E-state index contributed by atoms with van der Waals surface area (Å²) < 4.78 is 0. The molecule has 1 aromatic rings. The van der Waals surface area contributed by atoms with Crippen LogP contribution < -0.4 is 10.6 Å². The Morgan fingerprint density at radius 3 is 2.89 bits per heavy atom. The quantitative estimate of drug-likeness (QED) is 0.835. The van der Waals surface area contributed by atoms with E-state index in [1.165, 1.54) is 12.8 Å². The Morgan fingerprint density at radius 1 is 1.47 bits per heavy atom. The fourth-order valence-corrected chi connectivity index (χ4v) is 2.57. The molecule has 2 heterocycles. The average molecular weight is 282 g/mol. The summed E-state index contributed by atoms with van der Waals surface area (Å²) in [6.45, 7) is 3.99. The van der Waals surface area contributed by atoms with E-state index in [9.17, 15) is 4.79 Å². The number of pyridine rings is 1. The Balaban J connectivity index is 1.80. The molecule has 0 radical (unpaired) electrons. The van der Waals surface area contributed by atoms with Crippen molar-refractivity contribution >= 4 is 23.2 Å². The van der Waals surface area contributed by atoms with Crippen LogP contribution in [0.4, 0.5) is 5.69 Å². The molecule has 0 saturated carbocycles. The van der Waals surface area contributed by atoms with Crippen molar-refractivity contribution in [2.24, 2.45) is 5.92 Å². The first kappa shape index (κ1) is 14.3. The third-order valence-electron chi connectivity index (χ3n) is 3.56. The zero-order valence-corrected chi connectivity index (χ0v) is 12.0. The van der Waals surface area contributed by atoms with Crippen LogP contribution in [0, 0.1) is 12.8 Å². The number of hydrogen-bond donors (Lipinski definition) is 2. The Bertz CT molecular complexity index is 444. The minimum Gasteiger partial charge on any atom is -0.325 e. The molecular weight excluding hydrogens is 262 g/mol. The number of aryl methyl sites for hydroxylation is 1. The Labute approximate surface area is 118 Å². The van der Waals surface area contributed by atoms with Gasteiger partial charge in [-0.2, -0.15) is 0 Å². The maximum Gasteiger partial charge on any atom is 0.224 e. The molecule has 4 nitrogen and oxygen atoms in total. The molecule has 19 heavy (non-hydrogen) atoms. The van der Waals surface area contributed by atoms with Gasteiger partial charge in [0.1, 0.15) is 5.15 Å². The van der Waals surface area contributed by atoms with Crippen molar-refractivity contribution in [3.8, 4) is 0 Å². The van der Waals surface area contributed by atoms with Crippen molar-refractivity contribution in [1.82, 2.24) is 10.3 Å². The van der Waals surface area contributed by atoms with Gasteiger partial charge in [0.15, 0.2) is 0 Å². The second-order valence-electron chi connectivity index (χ2n) is 5.05. The van der Waals surface area contributed by atoms with E-state index in [-0.39, 0.29) is 5.91 Å². The molecule has 0 aromatic carbocycles. The number of carbonyl (C=O) groups is 1. The molecule has 1 aliphatic rings. The number of piperidine rings is 1. The van der Waals surface area contributed by atoms with Gasteiger partial charge < -0.3 is 10.6 Å². The molecule has 0 bridgehead atoms. The predicted molar refractivity (Wildman–Crippen MR) is 77.4 cm³/mol. The SMILES string of the molecule is Cc1nc(Cl)ccc1NC(=O)CCC1CCNCC1. The molecule has 1 aromatic heterocycles. The molecule has 0 atom stereocenters. The maximum atomic E-state index is 11.9. The molecule has 0 aliphatic carbocycles. The molecule has 1 amide bonds.